The summed E-state index contributed by atoms with van der Waals surface area (Å²) in [5.41, 5.74) is 0. The van der Waals surface area contributed by atoms with Gasteiger partial charge in [-0.2, -0.15) is 0 Å². The minimum Gasteiger partial charge on any atom is -0.465 e. The maximum Gasteiger partial charge on any atom is 0.508 e. The van der Waals surface area contributed by atoms with Gasteiger partial charge in [-0.1, -0.05) is 131 Å². The normalized spacial score (nSPS) is 12.1. The molecular weight excluding hydrogens is 668 g/mol. The molecule has 53 heavy (non-hydrogen) atoms. The number of hydrogen-bond donors (Lipinski definition) is 0. The predicted molar refractivity (Wildman–Crippen MR) is 219 cm³/mol. The molecular formula is C44H86N2O7. The highest BCUT2D eigenvalue weighted by molar-refractivity contribution is 5.69. The average molecular weight is 755 g/mol. The van der Waals surface area contributed by atoms with E-state index in [2.05, 4.69) is 51.3 Å². The first-order valence-electron chi connectivity index (χ1n) is 22.4. The molecule has 0 N–H and O–H groups in total. The third kappa shape index (κ3) is 33.2. The Kier molecular flexibility index (Phi) is 37.1. The molecule has 1 atom stereocenters. The fourth-order valence-electron chi connectivity index (χ4n) is 6.66. The van der Waals surface area contributed by atoms with Crippen LogP contribution in [0.3, 0.4) is 0 Å². The number of likely N-dealkylation sites (N-methyl/N-ethyl adjacent to an activating group) is 1. The molecule has 0 radical (unpaired) electrons. The maximum absolute atomic E-state index is 12.8. The molecule has 0 aromatic heterocycles. The lowest BCUT2D eigenvalue weighted by atomic mass is 9.96. The van der Waals surface area contributed by atoms with E-state index in [0.29, 0.717) is 51.5 Å². The zero-order valence-electron chi connectivity index (χ0n) is 35.7. The summed E-state index contributed by atoms with van der Waals surface area (Å²) in [6, 6.07) is 0. The number of rotatable bonds is 39. The van der Waals surface area contributed by atoms with Gasteiger partial charge < -0.3 is 23.8 Å². The lowest BCUT2D eigenvalue weighted by molar-refractivity contribution is -0.145. The van der Waals surface area contributed by atoms with Gasteiger partial charge in [-0.25, -0.2) is 4.79 Å². The molecule has 0 aliphatic heterocycles. The Bertz CT molecular complexity index is 829. The molecule has 0 bridgehead atoms. The van der Waals surface area contributed by atoms with E-state index in [4.69, 9.17) is 18.9 Å². The van der Waals surface area contributed by atoms with Crippen LogP contribution in [-0.4, -0.2) is 93.1 Å². The molecule has 0 aliphatic carbocycles. The molecule has 0 amide bonds. The van der Waals surface area contributed by atoms with Crippen LogP contribution >= 0.6 is 0 Å². The van der Waals surface area contributed by atoms with Crippen molar-refractivity contribution < 1.29 is 33.3 Å². The van der Waals surface area contributed by atoms with E-state index < -0.39 is 6.16 Å². The number of nitrogens with zero attached hydrogens (tertiary/aromatic N) is 2. The van der Waals surface area contributed by atoms with Gasteiger partial charge in [-0.3, -0.25) is 14.5 Å². The van der Waals surface area contributed by atoms with Crippen molar-refractivity contribution in [2.24, 2.45) is 5.92 Å². The quantitative estimate of drug-likeness (QED) is 0.0345. The Morgan fingerprint density at radius 1 is 0.453 bits per heavy atom. The summed E-state index contributed by atoms with van der Waals surface area (Å²) in [7, 11) is 0. The molecule has 0 saturated carbocycles. The zero-order chi connectivity index (χ0) is 39.2. The molecule has 0 heterocycles. The fourth-order valence-corrected chi connectivity index (χ4v) is 6.66. The Morgan fingerprint density at radius 3 is 1.45 bits per heavy atom. The van der Waals surface area contributed by atoms with Crippen molar-refractivity contribution in [3.8, 4) is 0 Å². The van der Waals surface area contributed by atoms with Crippen LogP contribution in [0, 0.1) is 5.92 Å². The van der Waals surface area contributed by atoms with Crippen molar-refractivity contribution in [2.75, 3.05) is 59.1 Å². The summed E-state index contributed by atoms with van der Waals surface area (Å²) in [6.07, 6.45) is 24.0. The SMILES string of the molecule is CCCCCCCCCC(=O)OCCN(CCOC(=O)OC(CCCCC)CCCCC(=O)OCC(CCCCC)CCCCC)CCN(CC)CC. The van der Waals surface area contributed by atoms with Gasteiger partial charge in [0.05, 0.1) is 6.61 Å². The molecule has 0 rings (SSSR count). The largest absolute Gasteiger partial charge is 0.508 e. The monoisotopic (exact) mass is 755 g/mol. The Hall–Kier alpha value is -1.87. The second-order valence-electron chi connectivity index (χ2n) is 15.1. The lowest BCUT2D eigenvalue weighted by Crippen LogP contribution is -2.39. The van der Waals surface area contributed by atoms with Gasteiger partial charge in [0, 0.05) is 39.0 Å². The predicted octanol–water partition coefficient (Wildman–Crippen LogP) is 11.3. The van der Waals surface area contributed by atoms with E-state index in [1.807, 2.05) is 0 Å². The maximum atomic E-state index is 12.8. The Labute approximate surface area is 327 Å². The molecule has 9 heteroatoms. The first-order valence-corrected chi connectivity index (χ1v) is 22.4. The molecule has 0 aliphatic rings. The molecule has 0 saturated heterocycles. The molecule has 314 valence electrons. The van der Waals surface area contributed by atoms with Crippen molar-refractivity contribution in [2.45, 2.75) is 202 Å². The van der Waals surface area contributed by atoms with E-state index in [1.54, 1.807) is 0 Å². The number of unbranched alkanes of at least 4 members (excludes halogenated alkanes) is 13. The first kappa shape index (κ1) is 51.1. The van der Waals surface area contributed by atoms with E-state index in [9.17, 15) is 14.4 Å². The molecule has 1 unspecified atom stereocenters. The Morgan fingerprint density at radius 2 is 0.887 bits per heavy atom. The molecule has 0 aromatic rings. The van der Waals surface area contributed by atoms with Crippen LogP contribution in [0.1, 0.15) is 196 Å². The fraction of sp³-hybridized carbons (Fsp3) is 0.932. The second kappa shape index (κ2) is 38.4. The smallest absolute Gasteiger partial charge is 0.465 e. The number of carbonyl (C=O) groups excluding carboxylic acids is 3. The van der Waals surface area contributed by atoms with Crippen LogP contribution in [-0.2, 0) is 28.5 Å². The van der Waals surface area contributed by atoms with Gasteiger partial charge in [-0.15, -0.1) is 0 Å². The van der Waals surface area contributed by atoms with Crippen molar-refractivity contribution in [1.29, 1.82) is 0 Å². The van der Waals surface area contributed by atoms with Crippen LogP contribution < -0.4 is 0 Å². The summed E-state index contributed by atoms with van der Waals surface area (Å²) >= 11 is 0. The standard InChI is InChI=1S/C44H86N2O7/c1-7-13-17-18-19-20-24-31-42(47)50-37-35-46(34-33-45(11-5)12-6)36-38-51-44(49)53-41(29-23-16-10-4)30-25-26-32-43(48)52-39-40(27-21-14-8-2)28-22-15-9-3/h40-41H,7-39H2,1-6H3. The van der Waals surface area contributed by atoms with Gasteiger partial charge in [0.1, 0.15) is 19.3 Å². The molecule has 9 nitrogen and oxygen atoms in total. The van der Waals surface area contributed by atoms with Crippen molar-refractivity contribution in [1.82, 2.24) is 9.80 Å². The third-order valence-electron chi connectivity index (χ3n) is 10.4. The molecule has 0 spiro atoms. The summed E-state index contributed by atoms with van der Waals surface area (Å²) in [5, 5.41) is 0. The van der Waals surface area contributed by atoms with Crippen LogP contribution in [0.15, 0.2) is 0 Å². The lowest BCUT2D eigenvalue weighted by Gasteiger charge is -2.26. The van der Waals surface area contributed by atoms with Crippen molar-refractivity contribution in [3.05, 3.63) is 0 Å². The molecule has 0 fully saturated rings. The number of carbonyl (C=O) groups is 3. The van der Waals surface area contributed by atoms with Gasteiger partial charge in [0.2, 0.25) is 0 Å². The third-order valence-corrected chi connectivity index (χ3v) is 10.4. The van der Waals surface area contributed by atoms with Crippen molar-refractivity contribution >= 4 is 18.1 Å². The minimum absolute atomic E-state index is 0.114. The van der Waals surface area contributed by atoms with Crippen molar-refractivity contribution in [3.63, 3.8) is 0 Å². The summed E-state index contributed by atoms with van der Waals surface area (Å²) < 4.78 is 22.7. The summed E-state index contributed by atoms with van der Waals surface area (Å²) in [4.78, 5) is 42.2. The van der Waals surface area contributed by atoms with E-state index >= 15 is 0 Å². The molecule has 0 aromatic carbocycles. The second-order valence-corrected chi connectivity index (χ2v) is 15.1. The first-order chi connectivity index (χ1) is 25.8. The topological polar surface area (TPSA) is 94.6 Å². The van der Waals surface area contributed by atoms with Crippen LogP contribution in [0.25, 0.3) is 0 Å². The summed E-state index contributed by atoms with van der Waals surface area (Å²) in [5.74, 6) is 0.227. The van der Waals surface area contributed by atoms with Gasteiger partial charge in [0.15, 0.2) is 0 Å². The van der Waals surface area contributed by atoms with E-state index in [-0.39, 0.29) is 24.6 Å². The average Bonchev–Trinajstić information content (AvgIpc) is 3.15. The van der Waals surface area contributed by atoms with E-state index in [1.165, 1.54) is 70.6 Å². The highest BCUT2D eigenvalue weighted by Gasteiger charge is 2.18. The van der Waals surface area contributed by atoms with Gasteiger partial charge in [0.25, 0.3) is 0 Å². The van der Waals surface area contributed by atoms with Gasteiger partial charge in [-0.05, 0) is 70.4 Å². The minimum atomic E-state index is -0.632. The van der Waals surface area contributed by atoms with Gasteiger partial charge >= 0.3 is 18.1 Å². The van der Waals surface area contributed by atoms with Crippen LogP contribution in [0.4, 0.5) is 4.79 Å². The Balaban J connectivity index is 4.72. The zero-order valence-corrected chi connectivity index (χ0v) is 35.7. The van der Waals surface area contributed by atoms with Crippen LogP contribution in [0.5, 0.6) is 0 Å². The summed E-state index contributed by atoms with van der Waals surface area (Å²) in [6.45, 7) is 19.0. The number of ether oxygens (including phenoxy) is 4. The van der Waals surface area contributed by atoms with E-state index in [0.717, 1.165) is 90.4 Å². The highest BCUT2D eigenvalue weighted by atomic mass is 16.7. The van der Waals surface area contributed by atoms with Crippen LogP contribution in [0.2, 0.25) is 0 Å². The number of esters is 2. The highest BCUT2D eigenvalue weighted by Crippen LogP contribution is 2.19. The number of hydrogen-bond acceptors (Lipinski definition) is 9.